The zero-order chi connectivity index (χ0) is 20.5. The van der Waals surface area contributed by atoms with E-state index < -0.39 is 0 Å². The molecule has 150 valence electrons. The van der Waals surface area contributed by atoms with Crippen molar-refractivity contribution >= 4 is 40.2 Å². The van der Waals surface area contributed by atoms with E-state index in [1.54, 1.807) is 6.33 Å². The second-order valence-corrected chi connectivity index (χ2v) is 7.30. The molecule has 3 heterocycles. The van der Waals surface area contributed by atoms with Crippen molar-refractivity contribution in [2.45, 2.75) is 19.9 Å². The molecule has 8 nitrogen and oxygen atoms in total. The van der Waals surface area contributed by atoms with Gasteiger partial charge in [0, 0.05) is 31.4 Å². The van der Waals surface area contributed by atoms with Gasteiger partial charge >= 0.3 is 0 Å². The van der Waals surface area contributed by atoms with Crippen molar-refractivity contribution in [3.8, 4) is 0 Å². The average molecular weight is 399 g/mol. The van der Waals surface area contributed by atoms with Gasteiger partial charge in [0.15, 0.2) is 11.5 Å². The van der Waals surface area contributed by atoms with Crippen LogP contribution in [0.3, 0.4) is 0 Å². The van der Waals surface area contributed by atoms with Crippen molar-refractivity contribution in [3.63, 3.8) is 0 Å². The minimum Gasteiger partial charge on any atom is -0.340 e. The van der Waals surface area contributed by atoms with Crippen molar-refractivity contribution in [2.24, 2.45) is 0 Å². The lowest BCUT2D eigenvalue weighted by Crippen LogP contribution is -2.31. The van der Waals surface area contributed by atoms with Crippen molar-refractivity contribution in [3.05, 3.63) is 66.0 Å². The maximum atomic E-state index is 11.2. The van der Waals surface area contributed by atoms with Crippen LogP contribution in [-0.4, -0.2) is 32.4 Å². The molecule has 0 fully saturated rings. The summed E-state index contributed by atoms with van der Waals surface area (Å²) < 4.78 is 0. The van der Waals surface area contributed by atoms with Crippen LogP contribution < -0.4 is 15.5 Å². The molecule has 0 spiro atoms. The number of hydrogen-bond donors (Lipinski definition) is 3. The normalized spacial score (nSPS) is 13.2. The van der Waals surface area contributed by atoms with Gasteiger partial charge in [0.2, 0.25) is 11.9 Å². The van der Waals surface area contributed by atoms with E-state index in [-0.39, 0.29) is 5.91 Å². The third kappa shape index (κ3) is 3.55. The Kier molecular flexibility index (Phi) is 4.51. The second-order valence-electron chi connectivity index (χ2n) is 7.30. The van der Waals surface area contributed by atoms with Crippen LogP contribution in [-0.2, 0) is 17.8 Å². The highest BCUT2D eigenvalue weighted by molar-refractivity contribution is 5.89. The minimum atomic E-state index is -0.0987. The predicted molar refractivity (Wildman–Crippen MR) is 117 cm³/mol. The first-order valence-electron chi connectivity index (χ1n) is 9.83. The number of carbonyl (C=O) groups is 1. The van der Waals surface area contributed by atoms with Crippen LogP contribution >= 0.6 is 0 Å². The maximum Gasteiger partial charge on any atom is 0.229 e. The van der Waals surface area contributed by atoms with Gasteiger partial charge in [-0.15, -0.1) is 0 Å². The lowest BCUT2D eigenvalue weighted by atomic mass is 10.0. The summed E-state index contributed by atoms with van der Waals surface area (Å²) in [5.74, 6) is 1.22. The monoisotopic (exact) mass is 399 g/mol. The molecule has 0 aliphatic carbocycles. The first-order chi connectivity index (χ1) is 14.7. The van der Waals surface area contributed by atoms with E-state index in [0.717, 1.165) is 36.4 Å². The molecule has 8 heteroatoms. The maximum absolute atomic E-state index is 11.2. The summed E-state index contributed by atoms with van der Waals surface area (Å²) in [6, 6.07) is 16.0. The van der Waals surface area contributed by atoms with Crippen LogP contribution in [0.5, 0.6) is 0 Å². The quantitative estimate of drug-likeness (QED) is 0.485. The van der Waals surface area contributed by atoms with Crippen molar-refractivity contribution in [1.29, 1.82) is 0 Å². The molecule has 0 bridgehead atoms. The molecule has 0 unspecified atom stereocenters. The molecule has 30 heavy (non-hydrogen) atoms. The van der Waals surface area contributed by atoms with E-state index >= 15 is 0 Å². The zero-order valence-corrected chi connectivity index (χ0v) is 16.5. The summed E-state index contributed by atoms with van der Waals surface area (Å²) >= 11 is 0. The number of imidazole rings is 1. The van der Waals surface area contributed by atoms with Gasteiger partial charge in [0.25, 0.3) is 0 Å². The summed E-state index contributed by atoms with van der Waals surface area (Å²) in [4.78, 5) is 30.3. The Morgan fingerprint density at radius 2 is 1.80 bits per heavy atom. The predicted octanol–water partition coefficient (Wildman–Crippen LogP) is 3.62. The Bertz CT molecular complexity index is 1220. The number of rotatable bonds is 4. The van der Waals surface area contributed by atoms with Gasteiger partial charge in [-0.3, -0.25) is 4.79 Å². The summed E-state index contributed by atoms with van der Waals surface area (Å²) in [6.07, 6.45) is 2.59. The third-order valence-electron chi connectivity index (χ3n) is 5.16. The number of amides is 1. The number of benzene rings is 2. The number of nitrogens with zero attached hydrogens (tertiary/aromatic N) is 4. The number of anilines is 4. The molecular formula is C22H21N7O. The first-order valence-corrected chi connectivity index (χ1v) is 9.83. The largest absolute Gasteiger partial charge is 0.340 e. The van der Waals surface area contributed by atoms with E-state index in [9.17, 15) is 4.79 Å². The molecule has 2 aromatic carbocycles. The summed E-state index contributed by atoms with van der Waals surface area (Å²) in [7, 11) is 0. The molecule has 2 aromatic heterocycles. The third-order valence-corrected chi connectivity index (χ3v) is 5.16. The van der Waals surface area contributed by atoms with Crippen molar-refractivity contribution < 1.29 is 4.79 Å². The zero-order valence-electron chi connectivity index (χ0n) is 16.5. The van der Waals surface area contributed by atoms with Crippen molar-refractivity contribution in [1.82, 2.24) is 19.9 Å². The minimum absolute atomic E-state index is 0.0987. The molecule has 1 aliphatic rings. The number of nitrogens with one attached hydrogen (secondary N) is 3. The van der Waals surface area contributed by atoms with Crippen LogP contribution in [0.4, 0.5) is 23.1 Å². The summed E-state index contributed by atoms with van der Waals surface area (Å²) in [5.41, 5.74) is 5.66. The summed E-state index contributed by atoms with van der Waals surface area (Å²) in [6.45, 7) is 3.12. The molecule has 1 amide bonds. The second kappa shape index (κ2) is 7.47. The SMILES string of the molecule is CC(=O)Nc1ccc(Nc2nc(N3CCc4ccccc4C3)nc3nc[nH]c23)cc1. The van der Waals surface area contributed by atoms with Crippen LogP contribution in [0.2, 0.25) is 0 Å². The molecular weight excluding hydrogens is 378 g/mol. The van der Waals surface area contributed by atoms with Gasteiger partial charge in [-0.1, -0.05) is 24.3 Å². The van der Waals surface area contributed by atoms with Gasteiger partial charge < -0.3 is 20.5 Å². The molecule has 0 saturated heterocycles. The lowest BCUT2D eigenvalue weighted by Gasteiger charge is -2.29. The van der Waals surface area contributed by atoms with E-state index in [1.165, 1.54) is 18.1 Å². The Hall–Kier alpha value is -3.94. The highest BCUT2D eigenvalue weighted by atomic mass is 16.1. The van der Waals surface area contributed by atoms with E-state index in [0.29, 0.717) is 17.4 Å². The number of carbonyl (C=O) groups excluding carboxylic acids is 1. The summed E-state index contributed by atoms with van der Waals surface area (Å²) in [5, 5.41) is 6.12. The average Bonchev–Trinajstić information content (AvgIpc) is 3.23. The van der Waals surface area contributed by atoms with Crippen LogP contribution in [0, 0.1) is 0 Å². The van der Waals surface area contributed by atoms with Gasteiger partial charge in [-0.2, -0.15) is 9.97 Å². The molecule has 0 saturated carbocycles. The smallest absolute Gasteiger partial charge is 0.229 e. The number of H-pyrrole nitrogens is 1. The fourth-order valence-corrected chi connectivity index (χ4v) is 3.70. The number of hydrogen-bond acceptors (Lipinski definition) is 6. The van der Waals surface area contributed by atoms with E-state index in [4.69, 9.17) is 4.98 Å². The van der Waals surface area contributed by atoms with Crippen LogP contribution in [0.1, 0.15) is 18.1 Å². The first kappa shape index (κ1) is 18.1. The van der Waals surface area contributed by atoms with Gasteiger partial charge in [-0.25, -0.2) is 4.98 Å². The Balaban J connectivity index is 1.44. The van der Waals surface area contributed by atoms with Gasteiger partial charge in [-0.05, 0) is 41.8 Å². The van der Waals surface area contributed by atoms with Gasteiger partial charge in [0.05, 0.1) is 6.33 Å². The number of aromatic nitrogens is 4. The topological polar surface area (TPSA) is 98.8 Å². The fraction of sp³-hybridized carbons (Fsp3) is 0.182. The Morgan fingerprint density at radius 1 is 1.03 bits per heavy atom. The lowest BCUT2D eigenvalue weighted by molar-refractivity contribution is -0.114. The Labute approximate surface area is 173 Å². The molecule has 3 N–H and O–H groups in total. The molecule has 5 rings (SSSR count). The van der Waals surface area contributed by atoms with Crippen LogP contribution in [0.15, 0.2) is 54.9 Å². The van der Waals surface area contributed by atoms with Crippen LogP contribution in [0.25, 0.3) is 11.2 Å². The number of aromatic amines is 1. The van der Waals surface area contributed by atoms with E-state index in [1.807, 2.05) is 24.3 Å². The van der Waals surface area contributed by atoms with Crippen molar-refractivity contribution in [2.75, 3.05) is 22.1 Å². The standard InChI is InChI=1S/C22H21N7O/c1-14(30)25-17-6-8-18(9-7-17)26-21-19-20(24-13-23-19)27-22(28-21)29-11-10-15-4-2-3-5-16(15)12-29/h2-9,13H,10-12H2,1H3,(H,25,30)(H2,23,24,26,27,28). The highest BCUT2D eigenvalue weighted by Gasteiger charge is 2.20. The van der Waals surface area contributed by atoms with Gasteiger partial charge in [0.1, 0.15) is 5.52 Å². The molecule has 1 aliphatic heterocycles. The number of fused-ring (bicyclic) bond motifs is 2. The van der Waals surface area contributed by atoms with E-state index in [2.05, 4.69) is 54.8 Å². The highest BCUT2D eigenvalue weighted by Crippen LogP contribution is 2.27. The Morgan fingerprint density at radius 3 is 2.60 bits per heavy atom. The molecule has 4 aromatic rings. The molecule has 0 radical (unpaired) electrons. The fourth-order valence-electron chi connectivity index (χ4n) is 3.70. The molecule has 0 atom stereocenters.